The lowest BCUT2D eigenvalue weighted by Crippen LogP contribution is -2.59. The van der Waals surface area contributed by atoms with Crippen molar-refractivity contribution in [3.63, 3.8) is 0 Å². The average molecular weight is 252 g/mol. The van der Waals surface area contributed by atoms with Crippen LogP contribution in [0.5, 0.6) is 0 Å². The molecule has 0 spiro atoms. The zero-order valence-electron chi connectivity index (χ0n) is 12.9. The Morgan fingerprint density at radius 2 is 1.89 bits per heavy atom. The molecular weight excluding hydrogens is 220 g/mol. The molecule has 106 valence electrons. The number of hydrogen-bond donors (Lipinski definition) is 1. The molecule has 2 nitrogen and oxygen atoms in total. The molecule has 0 amide bonds. The molecule has 1 fully saturated rings. The van der Waals surface area contributed by atoms with E-state index >= 15 is 0 Å². The van der Waals surface area contributed by atoms with Crippen LogP contribution in [0.25, 0.3) is 0 Å². The molecule has 0 aliphatic carbocycles. The number of rotatable bonds is 7. The third-order valence-corrected chi connectivity index (χ3v) is 4.89. The fourth-order valence-electron chi connectivity index (χ4n) is 3.16. The van der Waals surface area contributed by atoms with Crippen molar-refractivity contribution in [3.05, 3.63) is 12.2 Å². The van der Waals surface area contributed by atoms with Gasteiger partial charge in [-0.25, -0.2) is 0 Å². The Morgan fingerprint density at radius 1 is 1.28 bits per heavy atom. The maximum atomic E-state index is 4.20. The largest absolute Gasteiger partial charge is 0.315 e. The van der Waals surface area contributed by atoms with Gasteiger partial charge in [0.1, 0.15) is 0 Å². The molecule has 0 aromatic rings. The van der Waals surface area contributed by atoms with E-state index in [9.17, 15) is 0 Å². The van der Waals surface area contributed by atoms with E-state index in [2.05, 4.69) is 44.6 Å². The highest BCUT2D eigenvalue weighted by Gasteiger charge is 2.37. The summed E-state index contributed by atoms with van der Waals surface area (Å²) in [4.78, 5) is 2.71. The van der Waals surface area contributed by atoms with Crippen LogP contribution in [0, 0.1) is 0 Å². The SMILES string of the molecule is C=C(CC)CC(NC)C(C)(CC)N1CCCCC1. The molecule has 1 aliphatic rings. The highest BCUT2D eigenvalue weighted by atomic mass is 15.2. The molecule has 1 N–H and O–H groups in total. The minimum atomic E-state index is 0.271. The number of nitrogens with one attached hydrogen (secondary N) is 1. The summed E-state index contributed by atoms with van der Waals surface area (Å²) in [6, 6.07) is 0.521. The Bertz CT molecular complexity index is 256. The normalized spacial score (nSPS) is 22.4. The number of likely N-dealkylation sites (N-methyl/N-ethyl adjacent to an activating group) is 1. The summed E-state index contributed by atoms with van der Waals surface area (Å²) in [5.41, 5.74) is 1.64. The molecule has 0 radical (unpaired) electrons. The van der Waals surface area contributed by atoms with Crippen molar-refractivity contribution in [3.8, 4) is 0 Å². The van der Waals surface area contributed by atoms with Crippen LogP contribution < -0.4 is 5.32 Å². The maximum Gasteiger partial charge on any atom is 0.0334 e. The molecule has 1 saturated heterocycles. The molecule has 1 aliphatic heterocycles. The zero-order chi connectivity index (χ0) is 13.6. The number of piperidine rings is 1. The molecule has 1 heterocycles. The van der Waals surface area contributed by atoms with Gasteiger partial charge in [-0.2, -0.15) is 0 Å². The van der Waals surface area contributed by atoms with Crippen LogP contribution in [-0.2, 0) is 0 Å². The summed E-state index contributed by atoms with van der Waals surface area (Å²) in [6.45, 7) is 13.7. The molecule has 2 unspecified atom stereocenters. The van der Waals surface area contributed by atoms with Gasteiger partial charge in [-0.3, -0.25) is 4.90 Å². The maximum absolute atomic E-state index is 4.20. The van der Waals surface area contributed by atoms with Gasteiger partial charge in [0, 0.05) is 11.6 Å². The van der Waals surface area contributed by atoms with Gasteiger partial charge in [0.2, 0.25) is 0 Å². The van der Waals surface area contributed by atoms with E-state index in [1.54, 1.807) is 0 Å². The molecule has 2 heteroatoms. The Morgan fingerprint density at radius 3 is 2.33 bits per heavy atom. The lowest BCUT2D eigenvalue weighted by atomic mass is 9.82. The summed E-state index contributed by atoms with van der Waals surface area (Å²) in [7, 11) is 2.10. The molecule has 0 aromatic heterocycles. The van der Waals surface area contributed by atoms with Gasteiger partial charge in [0.05, 0.1) is 0 Å². The van der Waals surface area contributed by atoms with Gasteiger partial charge in [0.15, 0.2) is 0 Å². The lowest BCUT2D eigenvalue weighted by Gasteiger charge is -2.48. The van der Waals surface area contributed by atoms with Crippen molar-refractivity contribution in [1.82, 2.24) is 10.2 Å². The summed E-state index contributed by atoms with van der Waals surface area (Å²) in [5.74, 6) is 0. The van der Waals surface area contributed by atoms with Crippen molar-refractivity contribution in [2.75, 3.05) is 20.1 Å². The van der Waals surface area contributed by atoms with Gasteiger partial charge in [0.25, 0.3) is 0 Å². The van der Waals surface area contributed by atoms with E-state index in [4.69, 9.17) is 0 Å². The van der Waals surface area contributed by atoms with E-state index < -0.39 is 0 Å². The Balaban J connectivity index is 2.77. The molecule has 0 aromatic carbocycles. The minimum absolute atomic E-state index is 0.271. The van der Waals surface area contributed by atoms with Crippen LogP contribution in [0.3, 0.4) is 0 Å². The molecule has 2 atom stereocenters. The predicted molar refractivity (Wildman–Crippen MR) is 81.0 cm³/mol. The molecule has 1 rings (SSSR count). The van der Waals surface area contributed by atoms with Gasteiger partial charge >= 0.3 is 0 Å². The summed E-state index contributed by atoms with van der Waals surface area (Å²) in [5, 5.41) is 3.55. The van der Waals surface area contributed by atoms with E-state index in [1.807, 2.05) is 0 Å². The third kappa shape index (κ3) is 3.58. The van der Waals surface area contributed by atoms with Crippen molar-refractivity contribution in [2.24, 2.45) is 0 Å². The monoisotopic (exact) mass is 252 g/mol. The number of nitrogens with zero attached hydrogens (tertiary/aromatic N) is 1. The first-order valence-electron chi connectivity index (χ1n) is 7.67. The van der Waals surface area contributed by atoms with E-state index in [0.29, 0.717) is 6.04 Å². The number of hydrogen-bond acceptors (Lipinski definition) is 2. The first-order valence-corrected chi connectivity index (χ1v) is 7.67. The molecule has 0 saturated carbocycles. The minimum Gasteiger partial charge on any atom is -0.315 e. The lowest BCUT2D eigenvalue weighted by molar-refractivity contribution is 0.0451. The first-order chi connectivity index (χ1) is 8.58. The van der Waals surface area contributed by atoms with Crippen LogP contribution in [0.1, 0.15) is 59.3 Å². The fourth-order valence-corrected chi connectivity index (χ4v) is 3.16. The standard InChI is InChI=1S/C16H32N2/c1-6-14(3)13-15(17-5)16(4,7-2)18-11-9-8-10-12-18/h15,17H,3,6-13H2,1-2,4-5H3. The van der Waals surface area contributed by atoms with Crippen LogP contribution in [-0.4, -0.2) is 36.6 Å². The number of likely N-dealkylation sites (tertiary alicyclic amines) is 1. The van der Waals surface area contributed by atoms with Crippen molar-refractivity contribution in [1.29, 1.82) is 0 Å². The smallest absolute Gasteiger partial charge is 0.0334 e. The second-order valence-electron chi connectivity index (χ2n) is 5.91. The van der Waals surface area contributed by atoms with Gasteiger partial charge in [-0.15, -0.1) is 0 Å². The Labute approximate surface area is 114 Å². The van der Waals surface area contributed by atoms with Crippen LogP contribution >= 0.6 is 0 Å². The quantitative estimate of drug-likeness (QED) is 0.697. The van der Waals surface area contributed by atoms with Crippen molar-refractivity contribution >= 4 is 0 Å². The van der Waals surface area contributed by atoms with Gasteiger partial charge in [-0.05, 0) is 59.2 Å². The Hall–Kier alpha value is -0.340. The molecule has 0 bridgehead atoms. The van der Waals surface area contributed by atoms with Crippen molar-refractivity contribution in [2.45, 2.75) is 70.9 Å². The molecule has 18 heavy (non-hydrogen) atoms. The van der Waals surface area contributed by atoms with Crippen LogP contribution in [0.2, 0.25) is 0 Å². The second kappa shape index (κ2) is 7.30. The summed E-state index contributed by atoms with van der Waals surface area (Å²) >= 11 is 0. The van der Waals surface area contributed by atoms with E-state index in [1.165, 1.54) is 44.3 Å². The zero-order valence-corrected chi connectivity index (χ0v) is 12.9. The van der Waals surface area contributed by atoms with E-state index in [-0.39, 0.29) is 5.54 Å². The first kappa shape index (κ1) is 15.7. The van der Waals surface area contributed by atoms with Crippen molar-refractivity contribution < 1.29 is 0 Å². The highest BCUT2D eigenvalue weighted by molar-refractivity contribution is 5.05. The topological polar surface area (TPSA) is 15.3 Å². The Kier molecular flexibility index (Phi) is 6.37. The van der Waals surface area contributed by atoms with E-state index in [0.717, 1.165) is 12.8 Å². The van der Waals surface area contributed by atoms with Gasteiger partial charge in [-0.1, -0.05) is 32.4 Å². The fraction of sp³-hybridized carbons (Fsp3) is 0.875. The predicted octanol–water partition coefficient (Wildman–Crippen LogP) is 3.59. The average Bonchev–Trinajstić information content (AvgIpc) is 2.44. The van der Waals surface area contributed by atoms with Gasteiger partial charge < -0.3 is 5.32 Å². The summed E-state index contributed by atoms with van der Waals surface area (Å²) < 4.78 is 0. The second-order valence-corrected chi connectivity index (χ2v) is 5.91. The van der Waals surface area contributed by atoms with Crippen LogP contribution in [0.15, 0.2) is 12.2 Å². The third-order valence-electron chi connectivity index (χ3n) is 4.89. The van der Waals surface area contributed by atoms with Crippen LogP contribution in [0.4, 0.5) is 0 Å². The highest BCUT2D eigenvalue weighted by Crippen LogP contribution is 2.30. The molecular formula is C16H32N2. The summed E-state index contributed by atoms with van der Waals surface area (Å²) in [6.07, 6.45) is 7.53.